The fourth-order valence-electron chi connectivity index (χ4n) is 1.27. The molecule has 7 heteroatoms. The van der Waals surface area contributed by atoms with Crippen LogP contribution >= 0.6 is 11.6 Å². The molecular formula is C12H16ClN3O3. The topological polar surface area (TPSA) is 70.7 Å². The van der Waals surface area contributed by atoms with Crippen molar-refractivity contribution in [3.05, 3.63) is 28.8 Å². The highest BCUT2D eigenvalue weighted by Gasteiger charge is 2.09. The molecule has 0 heterocycles. The highest BCUT2D eigenvalue weighted by atomic mass is 35.5. The Kier molecular flexibility index (Phi) is 5.59. The second-order valence-corrected chi connectivity index (χ2v) is 4.23. The fourth-order valence-corrected chi connectivity index (χ4v) is 1.52. The van der Waals surface area contributed by atoms with Crippen LogP contribution in [0.5, 0.6) is 0 Å². The van der Waals surface area contributed by atoms with E-state index in [1.165, 1.54) is 21.1 Å². The molecule has 0 spiro atoms. The molecule has 0 aliphatic rings. The lowest BCUT2D eigenvalue weighted by Gasteiger charge is -2.15. The number of anilines is 1. The molecule has 0 aliphatic heterocycles. The first-order valence-corrected chi connectivity index (χ1v) is 5.93. The summed E-state index contributed by atoms with van der Waals surface area (Å²) in [7, 11) is 2.88. The number of nitrogens with one attached hydrogen (secondary N) is 2. The third-order valence-corrected chi connectivity index (χ3v) is 2.74. The van der Waals surface area contributed by atoms with Gasteiger partial charge in [-0.15, -0.1) is 0 Å². The van der Waals surface area contributed by atoms with Crippen LogP contribution in [0.25, 0.3) is 0 Å². The second kappa shape index (κ2) is 6.96. The van der Waals surface area contributed by atoms with Crippen molar-refractivity contribution in [3.63, 3.8) is 0 Å². The molecule has 0 bridgehead atoms. The first-order chi connectivity index (χ1) is 8.93. The smallest absolute Gasteiger partial charge is 0.345 e. The lowest BCUT2D eigenvalue weighted by Crippen LogP contribution is -2.30. The summed E-state index contributed by atoms with van der Waals surface area (Å²) in [5.41, 5.74) is 1.32. The molecule has 0 saturated carbocycles. The van der Waals surface area contributed by atoms with Gasteiger partial charge in [-0.05, 0) is 17.7 Å². The maximum Gasteiger partial charge on any atom is 0.345 e. The van der Waals surface area contributed by atoms with Crippen molar-refractivity contribution in [2.24, 2.45) is 0 Å². The Bertz CT molecular complexity index is 479. The van der Waals surface area contributed by atoms with Crippen LogP contribution in [-0.2, 0) is 16.2 Å². The Morgan fingerprint density at radius 2 is 2.11 bits per heavy atom. The van der Waals surface area contributed by atoms with Gasteiger partial charge in [0.25, 0.3) is 0 Å². The number of carbonyl (C=O) groups is 2. The van der Waals surface area contributed by atoms with Gasteiger partial charge in [0.05, 0.1) is 7.11 Å². The number of hydroxylamine groups is 2. The van der Waals surface area contributed by atoms with Gasteiger partial charge in [0.1, 0.15) is 0 Å². The summed E-state index contributed by atoms with van der Waals surface area (Å²) in [5.74, 6) is -0.129. The van der Waals surface area contributed by atoms with E-state index in [0.717, 1.165) is 10.6 Å². The van der Waals surface area contributed by atoms with E-state index in [2.05, 4.69) is 10.6 Å². The van der Waals surface area contributed by atoms with E-state index in [1.807, 2.05) is 0 Å². The van der Waals surface area contributed by atoms with Gasteiger partial charge in [-0.2, -0.15) is 0 Å². The molecular weight excluding hydrogens is 270 g/mol. The first kappa shape index (κ1) is 15.3. The third-order valence-electron chi connectivity index (χ3n) is 2.39. The van der Waals surface area contributed by atoms with Crippen LogP contribution in [0.4, 0.5) is 10.5 Å². The summed E-state index contributed by atoms with van der Waals surface area (Å²) in [6.07, 6.45) is 0. The van der Waals surface area contributed by atoms with Crippen LogP contribution in [0.3, 0.4) is 0 Å². The Hall–Kier alpha value is -1.79. The molecule has 0 radical (unpaired) electrons. The fraction of sp³-hybridized carbons (Fsp3) is 0.333. The lowest BCUT2D eigenvalue weighted by molar-refractivity contribution is -0.119. The van der Waals surface area contributed by atoms with Crippen molar-refractivity contribution >= 4 is 29.2 Å². The summed E-state index contributed by atoms with van der Waals surface area (Å²) in [5, 5.41) is 6.79. The van der Waals surface area contributed by atoms with E-state index in [0.29, 0.717) is 17.3 Å². The molecule has 104 valence electrons. The Morgan fingerprint density at radius 1 is 1.42 bits per heavy atom. The average molecular weight is 286 g/mol. The Balaban J connectivity index is 2.71. The minimum absolute atomic E-state index is 0.129. The standard InChI is InChI=1S/C12H16ClN3O3/c1-8(17)14-7-9-4-5-10(6-11(9)13)15-12(18)16(2)19-3/h4-6H,7H2,1-3H3,(H,14,17)(H,15,18). The van der Waals surface area contributed by atoms with E-state index in [9.17, 15) is 9.59 Å². The molecule has 1 aromatic carbocycles. The summed E-state index contributed by atoms with van der Waals surface area (Å²) < 4.78 is 0. The predicted molar refractivity (Wildman–Crippen MR) is 72.8 cm³/mol. The van der Waals surface area contributed by atoms with Crippen LogP contribution in [0, 0.1) is 0 Å². The molecule has 0 saturated heterocycles. The maximum absolute atomic E-state index is 11.5. The van der Waals surface area contributed by atoms with Crippen molar-refractivity contribution < 1.29 is 14.4 Å². The number of rotatable bonds is 4. The van der Waals surface area contributed by atoms with Crippen molar-refractivity contribution in [1.29, 1.82) is 0 Å². The van der Waals surface area contributed by atoms with Crippen molar-refractivity contribution in [3.8, 4) is 0 Å². The van der Waals surface area contributed by atoms with Crippen molar-refractivity contribution in [2.45, 2.75) is 13.5 Å². The molecule has 19 heavy (non-hydrogen) atoms. The predicted octanol–water partition coefficient (Wildman–Crippen LogP) is 2.00. The van der Waals surface area contributed by atoms with Gasteiger partial charge in [-0.3, -0.25) is 9.63 Å². The maximum atomic E-state index is 11.5. The second-order valence-electron chi connectivity index (χ2n) is 3.83. The highest BCUT2D eigenvalue weighted by Crippen LogP contribution is 2.21. The Labute approximate surface area is 116 Å². The van der Waals surface area contributed by atoms with Gasteiger partial charge >= 0.3 is 6.03 Å². The van der Waals surface area contributed by atoms with Gasteiger partial charge in [0.2, 0.25) is 5.91 Å². The summed E-state index contributed by atoms with van der Waals surface area (Å²) >= 11 is 6.06. The molecule has 0 unspecified atom stereocenters. The van der Waals surface area contributed by atoms with Crippen LogP contribution in [0.15, 0.2) is 18.2 Å². The molecule has 1 aromatic rings. The SMILES string of the molecule is CON(C)C(=O)Nc1ccc(CNC(C)=O)c(Cl)c1. The van der Waals surface area contributed by atoms with E-state index < -0.39 is 6.03 Å². The first-order valence-electron chi connectivity index (χ1n) is 5.55. The monoisotopic (exact) mass is 285 g/mol. The van der Waals surface area contributed by atoms with E-state index in [-0.39, 0.29) is 5.91 Å². The van der Waals surface area contributed by atoms with Gasteiger partial charge in [0.15, 0.2) is 0 Å². The zero-order valence-corrected chi connectivity index (χ0v) is 11.7. The number of halogens is 1. The van der Waals surface area contributed by atoms with Crippen LogP contribution in [0.1, 0.15) is 12.5 Å². The third kappa shape index (κ3) is 4.76. The molecule has 2 N–H and O–H groups in total. The molecule has 6 nitrogen and oxygen atoms in total. The Morgan fingerprint density at radius 3 is 2.63 bits per heavy atom. The molecule has 0 atom stereocenters. The highest BCUT2D eigenvalue weighted by molar-refractivity contribution is 6.31. The normalized spacial score (nSPS) is 9.89. The van der Waals surface area contributed by atoms with E-state index in [4.69, 9.17) is 16.4 Å². The largest absolute Gasteiger partial charge is 0.352 e. The number of hydrogen-bond donors (Lipinski definition) is 2. The van der Waals surface area contributed by atoms with Gasteiger partial charge < -0.3 is 10.6 Å². The number of carbonyl (C=O) groups excluding carboxylic acids is 2. The van der Waals surface area contributed by atoms with Gasteiger partial charge in [0, 0.05) is 31.2 Å². The number of hydrogen-bond acceptors (Lipinski definition) is 3. The number of nitrogens with zero attached hydrogens (tertiary/aromatic N) is 1. The average Bonchev–Trinajstić information content (AvgIpc) is 2.36. The van der Waals surface area contributed by atoms with E-state index in [1.54, 1.807) is 18.2 Å². The summed E-state index contributed by atoms with van der Waals surface area (Å²) in [6, 6.07) is 4.64. The number of amides is 3. The summed E-state index contributed by atoms with van der Waals surface area (Å²) in [4.78, 5) is 27.1. The zero-order chi connectivity index (χ0) is 14.4. The number of benzene rings is 1. The molecule has 3 amide bonds. The van der Waals surface area contributed by atoms with Gasteiger partial charge in [-0.25, -0.2) is 9.86 Å². The van der Waals surface area contributed by atoms with Crippen molar-refractivity contribution in [2.75, 3.05) is 19.5 Å². The lowest BCUT2D eigenvalue weighted by atomic mass is 10.2. The minimum Gasteiger partial charge on any atom is -0.352 e. The number of urea groups is 1. The summed E-state index contributed by atoms with van der Waals surface area (Å²) in [6.45, 7) is 1.78. The minimum atomic E-state index is -0.409. The quantitative estimate of drug-likeness (QED) is 0.831. The zero-order valence-electron chi connectivity index (χ0n) is 11.0. The molecule has 0 aliphatic carbocycles. The van der Waals surface area contributed by atoms with Crippen LogP contribution in [0.2, 0.25) is 5.02 Å². The van der Waals surface area contributed by atoms with Crippen LogP contribution < -0.4 is 10.6 Å². The molecule has 0 fully saturated rings. The van der Waals surface area contributed by atoms with E-state index >= 15 is 0 Å². The van der Waals surface area contributed by atoms with Crippen molar-refractivity contribution in [1.82, 2.24) is 10.4 Å². The van der Waals surface area contributed by atoms with Crippen LogP contribution in [-0.4, -0.2) is 31.2 Å². The van der Waals surface area contributed by atoms with Gasteiger partial charge in [-0.1, -0.05) is 17.7 Å². The molecule has 1 rings (SSSR count). The molecule has 0 aromatic heterocycles.